The summed E-state index contributed by atoms with van der Waals surface area (Å²) in [4.78, 5) is 0. The largest absolute Gasteiger partial charge is 0.324 e. The van der Waals surface area contributed by atoms with E-state index in [1.165, 1.54) is 0 Å². The highest BCUT2D eigenvalue weighted by Gasteiger charge is 2.12. The summed E-state index contributed by atoms with van der Waals surface area (Å²) in [6, 6.07) is 3.11. The van der Waals surface area contributed by atoms with Crippen LogP contribution in [0, 0.1) is 0 Å². The number of halogens is 4. The van der Waals surface area contributed by atoms with Crippen LogP contribution in [0.25, 0.3) is 0 Å². The van der Waals surface area contributed by atoms with Crippen molar-refractivity contribution in [1.29, 1.82) is 0 Å². The molecule has 0 heterocycles. The summed E-state index contributed by atoms with van der Waals surface area (Å²) in [6.07, 6.45) is 2.37. The number of hydrogen-bond donors (Lipinski definition) is 1. The third-order valence-electron chi connectivity index (χ3n) is 1.84. The van der Waals surface area contributed by atoms with E-state index in [9.17, 15) is 0 Å². The molecule has 0 aromatic heterocycles. The van der Waals surface area contributed by atoms with Crippen molar-refractivity contribution in [2.24, 2.45) is 5.73 Å². The van der Waals surface area contributed by atoms with Gasteiger partial charge < -0.3 is 5.73 Å². The number of benzene rings is 1. The summed E-state index contributed by atoms with van der Waals surface area (Å²) in [5.41, 5.74) is 6.62. The van der Waals surface area contributed by atoms with Crippen molar-refractivity contribution < 1.29 is 0 Å². The summed E-state index contributed by atoms with van der Waals surface area (Å²) in [5, 5.41) is 1.42. The van der Waals surface area contributed by atoms with Gasteiger partial charge in [0.15, 0.2) is 0 Å². The zero-order valence-corrected chi connectivity index (χ0v) is 10.9. The Morgan fingerprint density at radius 3 is 2.47 bits per heavy atom. The minimum Gasteiger partial charge on any atom is -0.324 e. The maximum absolute atomic E-state index is 5.99. The highest BCUT2D eigenvalue weighted by molar-refractivity contribution is 6.43. The fraction of sp³-hybridized carbons (Fsp3) is 0.200. The summed E-state index contributed by atoms with van der Waals surface area (Å²) in [6.45, 7) is 3.61. The van der Waals surface area contributed by atoms with E-state index in [2.05, 4.69) is 6.58 Å². The lowest BCUT2D eigenvalue weighted by molar-refractivity contribution is 0.742. The van der Waals surface area contributed by atoms with Gasteiger partial charge in [-0.25, -0.2) is 0 Å². The van der Waals surface area contributed by atoms with Gasteiger partial charge >= 0.3 is 0 Å². The predicted molar refractivity (Wildman–Crippen MR) is 70.5 cm³/mol. The van der Waals surface area contributed by atoms with Crippen molar-refractivity contribution in [2.45, 2.75) is 12.5 Å². The molecule has 0 radical (unpaired) electrons. The Morgan fingerprint density at radius 1 is 1.33 bits per heavy atom. The van der Waals surface area contributed by atoms with Crippen LogP contribution in [0.15, 0.2) is 24.8 Å². The van der Waals surface area contributed by atoms with Gasteiger partial charge in [0.05, 0.1) is 10.0 Å². The van der Waals surface area contributed by atoms with Crippen molar-refractivity contribution in [3.8, 4) is 0 Å². The Hall–Kier alpha value is 0.0800. The van der Waals surface area contributed by atoms with Crippen LogP contribution in [0.5, 0.6) is 0 Å². The molecule has 1 rings (SSSR count). The van der Waals surface area contributed by atoms with Crippen molar-refractivity contribution in [3.63, 3.8) is 0 Å². The lowest BCUT2D eigenvalue weighted by Crippen LogP contribution is -2.09. The molecule has 0 bridgehead atoms. The van der Waals surface area contributed by atoms with Crippen molar-refractivity contribution in [1.82, 2.24) is 0 Å². The molecule has 0 amide bonds. The van der Waals surface area contributed by atoms with E-state index in [0.29, 0.717) is 21.5 Å². The molecule has 15 heavy (non-hydrogen) atoms. The van der Waals surface area contributed by atoms with E-state index in [1.54, 1.807) is 18.2 Å². The molecule has 0 spiro atoms. The zero-order valence-electron chi connectivity index (χ0n) is 7.84. The van der Waals surface area contributed by atoms with Crippen LogP contribution >= 0.6 is 47.2 Å². The van der Waals surface area contributed by atoms with Crippen LogP contribution in [-0.4, -0.2) is 0 Å². The summed E-state index contributed by atoms with van der Waals surface area (Å²) in [7, 11) is 0. The Bertz CT molecular complexity index is 352. The van der Waals surface area contributed by atoms with E-state index in [4.69, 9.17) is 40.5 Å². The highest BCUT2D eigenvalue weighted by atomic mass is 35.5. The molecule has 0 saturated carbocycles. The molecule has 1 atom stereocenters. The van der Waals surface area contributed by atoms with Gasteiger partial charge in [-0.3, -0.25) is 0 Å². The molecule has 1 aromatic carbocycles. The zero-order chi connectivity index (χ0) is 10.7. The maximum Gasteiger partial charge on any atom is 0.0641 e. The quantitative estimate of drug-likeness (QED) is 0.635. The molecule has 1 nitrogen and oxygen atoms in total. The standard InChI is InChI=1S/C10H10Cl3N.ClH/c1-2-3-9(14)7-4-6(11)5-8(12)10(7)13;/h2,4-5,9H,1,3,14H2;1H/t9-;/m1./s1. The molecule has 0 saturated heterocycles. The van der Waals surface area contributed by atoms with Crippen molar-refractivity contribution in [3.05, 3.63) is 45.4 Å². The average molecular weight is 287 g/mol. The molecule has 0 aliphatic carbocycles. The van der Waals surface area contributed by atoms with Gasteiger partial charge in [-0.2, -0.15) is 0 Å². The lowest BCUT2D eigenvalue weighted by Gasteiger charge is -2.12. The number of rotatable bonds is 3. The highest BCUT2D eigenvalue weighted by Crippen LogP contribution is 2.33. The van der Waals surface area contributed by atoms with E-state index in [-0.39, 0.29) is 18.4 Å². The van der Waals surface area contributed by atoms with Gasteiger partial charge in [-0.1, -0.05) is 40.9 Å². The van der Waals surface area contributed by atoms with Gasteiger partial charge in [0.1, 0.15) is 0 Å². The fourth-order valence-electron chi connectivity index (χ4n) is 1.15. The molecule has 5 heteroatoms. The predicted octanol–water partition coefficient (Wildman–Crippen LogP) is 4.64. The third kappa shape index (κ3) is 3.86. The Morgan fingerprint density at radius 2 is 1.93 bits per heavy atom. The molecular formula is C10H11Cl4N. The first kappa shape index (κ1) is 15.1. The second kappa shape index (κ2) is 6.62. The van der Waals surface area contributed by atoms with Crippen LogP contribution in [0.2, 0.25) is 15.1 Å². The van der Waals surface area contributed by atoms with E-state index in [0.717, 1.165) is 5.56 Å². The number of hydrogen-bond acceptors (Lipinski definition) is 1. The van der Waals surface area contributed by atoms with Crippen LogP contribution in [-0.2, 0) is 0 Å². The van der Waals surface area contributed by atoms with Crippen LogP contribution in [0.4, 0.5) is 0 Å². The third-order valence-corrected chi connectivity index (χ3v) is 2.88. The number of nitrogens with two attached hydrogens (primary N) is 1. The van der Waals surface area contributed by atoms with Crippen molar-refractivity contribution >= 4 is 47.2 Å². The summed E-state index contributed by atoms with van der Waals surface area (Å²) in [5.74, 6) is 0. The van der Waals surface area contributed by atoms with Gasteiger partial charge in [0.25, 0.3) is 0 Å². The molecule has 0 aliphatic rings. The van der Waals surface area contributed by atoms with Crippen LogP contribution in [0.3, 0.4) is 0 Å². The minimum absolute atomic E-state index is 0. The Balaban J connectivity index is 0.00000196. The molecule has 0 aliphatic heterocycles. The summed E-state index contributed by atoms with van der Waals surface area (Å²) >= 11 is 17.7. The molecule has 0 fully saturated rings. The monoisotopic (exact) mass is 285 g/mol. The van der Waals surface area contributed by atoms with Gasteiger partial charge in [0.2, 0.25) is 0 Å². The Kier molecular flexibility index (Phi) is 6.65. The SMILES string of the molecule is C=CC[C@@H](N)c1cc(Cl)cc(Cl)c1Cl.Cl. The van der Waals surface area contributed by atoms with E-state index in [1.807, 2.05) is 0 Å². The van der Waals surface area contributed by atoms with Crippen LogP contribution in [0.1, 0.15) is 18.0 Å². The smallest absolute Gasteiger partial charge is 0.0641 e. The minimum atomic E-state index is -0.212. The molecule has 1 aromatic rings. The normalized spacial score (nSPS) is 11.7. The molecule has 2 N–H and O–H groups in total. The van der Waals surface area contributed by atoms with Gasteiger partial charge in [-0.05, 0) is 24.1 Å². The van der Waals surface area contributed by atoms with Gasteiger partial charge in [-0.15, -0.1) is 19.0 Å². The van der Waals surface area contributed by atoms with Crippen LogP contribution < -0.4 is 5.73 Å². The fourth-order valence-corrected chi connectivity index (χ4v) is 1.91. The Labute approximate surface area is 111 Å². The summed E-state index contributed by atoms with van der Waals surface area (Å²) < 4.78 is 0. The average Bonchev–Trinajstić information content (AvgIpc) is 2.11. The molecule has 0 unspecified atom stereocenters. The second-order valence-corrected chi connectivity index (χ2v) is 4.14. The maximum atomic E-state index is 5.99. The van der Waals surface area contributed by atoms with Crippen molar-refractivity contribution in [2.75, 3.05) is 0 Å². The first-order valence-corrected chi connectivity index (χ1v) is 5.20. The van der Waals surface area contributed by atoms with Gasteiger partial charge in [0, 0.05) is 11.1 Å². The molecular weight excluding hydrogens is 276 g/mol. The van der Waals surface area contributed by atoms with E-state index < -0.39 is 0 Å². The van der Waals surface area contributed by atoms with E-state index >= 15 is 0 Å². The first-order chi connectivity index (χ1) is 6.56. The lowest BCUT2D eigenvalue weighted by atomic mass is 10.0. The molecule has 84 valence electrons. The second-order valence-electron chi connectivity index (χ2n) is 2.92. The first-order valence-electron chi connectivity index (χ1n) is 4.07. The topological polar surface area (TPSA) is 26.0 Å².